The quantitative estimate of drug-likeness (QED) is 0.725. The highest BCUT2D eigenvalue weighted by Gasteiger charge is 2.39. The molecule has 4 nitrogen and oxygen atoms in total. The van der Waals surface area contributed by atoms with E-state index in [-0.39, 0.29) is 0 Å². The summed E-state index contributed by atoms with van der Waals surface area (Å²) in [4.78, 5) is 17.1. The summed E-state index contributed by atoms with van der Waals surface area (Å²) in [5.74, 6) is 1.62. The summed E-state index contributed by atoms with van der Waals surface area (Å²) in [5.41, 5.74) is 1.19. The van der Waals surface area contributed by atoms with Crippen molar-refractivity contribution in [2.24, 2.45) is 5.92 Å². The molecule has 1 aromatic rings. The minimum absolute atomic E-state index is 0.310. The number of amides is 1. The van der Waals surface area contributed by atoms with Crippen LogP contribution in [-0.2, 0) is 11.3 Å². The standard InChI is InChI=1S/C21H30N2O2/c24-21(18-7-8-18)23(19-9-10-19)16-17-5-4-6-20(15-17)25-14-13-22-11-2-1-3-12-22/h4-6,15,18-19H,1-3,7-14,16H2. The van der Waals surface area contributed by atoms with Crippen molar-refractivity contribution in [3.05, 3.63) is 29.8 Å². The number of hydrogen-bond acceptors (Lipinski definition) is 3. The maximum Gasteiger partial charge on any atom is 0.226 e. The van der Waals surface area contributed by atoms with Gasteiger partial charge in [-0.2, -0.15) is 0 Å². The van der Waals surface area contributed by atoms with Crippen molar-refractivity contribution in [3.63, 3.8) is 0 Å². The molecule has 1 aliphatic heterocycles. The molecule has 3 aliphatic rings. The second-order valence-electron chi connectivity index (χ2n) is 7.87. The van der Waals surface area contributed by atoms with Gasteiger partial charge in [0.05, 0.1) is 0 Å². The molecule has 0 spiro atoms. The fourth-order valence-corrected chi connectivity index (χ4v) is 3.74. The van der Waals surface area contributed by atoms with Gasteiger partial charge in [0.2, 0.25) is 5.91 Å². The third-order valence-electron chi connectivity index (χ3n) is 5.57. The number of piperidine rings is 1. The van der Waals surface area contributed by atoms with E-state index in [2.05, 4.69) is 28.0 Å². The van der Waals surface area contributed by atoms with Crippen LogP contribution in [0, 0.1) is 5.92 Å². The van der Waals surface area contributed by atoms with Crippen molar-refractivity contribution < 1.29 is 9.53 Å². The molecule has 0 radical (unpaired) electrons. The Morgan fingerprint density at radius 2 is 1.92 bits per heavy atom. The van der Waals surface area contributed by atoms with Gasteiger partial charge < -0.3 is 9.64 Å². The van der Waals surface area contributed by atoms with E-state index in [0.29, 0.717) is 17.9 Å². The van der Waals surface area contributed by atoms with Crippen LogP contribution in [0.4, 0.5) is 0 Å². The van der Waals surface area contributed by atoms with Gasteiger partial charge in [0.25, 0.3) is 0 Å². The number of carbonyl (C=O) groups excluding carboxylic acids is 1. The maximum absolute atomic E-state index is 12.5. The van der Waals surface area contributed by atoms with Gasteiger partial charge in [-0.25, -0.2) is 0 Å². The van der Waals surface area contributed by atoms with E-state index in [1.807, 2.05) is 6.07 Å². The maximum atomic E-state index is 12.5. The van der Waals surface area contributed by atoms with Crippen LogP contribution in [0.3, 0.4) is 0 Å². The minimum Gasteiger partial charge on any atom is -0.492 e. The summed E-state index contributed by atoms with van der Waals surface area (Å²) in [6, 6.07) is 8.80. The first-order chi connectivity index (χ1) is 12.3. The average molecular weight is 342 g/mol. The zero-order valence-corrected chi connectivity index (χ0v) is 15.2. The third kappa shape index (κ3) is 4.75. The van der Waals surface area contributed by atoms with Gasteiger partial charge in [-0.15, -0.1) is 0 Å². The Hall–Kier alpha value is -1.55. The van der Waals surface area contributed by atoms with Gasteiger partial charge in [-0.1, -0.05) is 18.6 Å². The van der Waals surface area contributed by atoms with Crippen LogP contribution in [-0.4, -0.2) is 48.0 Å². The van der Waals surface area contributed by atoms with E-state index < -0.39 is 0 Å². The van der Waals surface area contributed by atoms with E-state index >= 15 is 0 Å². The molecule has 4 rings (SSSR count). The fraction of sp³-hybridized carbons (Fsp3) is 0.667. The molecule has 1 heterocycles. The van der Waals surface area contributed by atoms with E-state index in [9.17, 15) is 4.79 Å². The Bertz CT molecular complexity index is 589. The predicted octanol–water partition coefficient (Wildman–Crippen LogP) is 3.45. The first-order valence-electron chi connectivity index (χ1n) is 10.0. The molecule has 2 saturated carbocycles. The van der Waals surface area contributed by atoms with Crippen LogP contribution in [0.2, 0.25) is 0 Å². The van der Waals surface area contributed by atoms with Gasteiger partial charge in [0, 0.05) is 25.0 Å². The lowest BCUT2D eigenvalue weighted by atomic mass is 10.1. The van der Waals surface area contributed by atoms with Gasteiger partial charge in [-0.3, -0.25) is 9.69 Å². The summed E-state index contributed by atoms with van der Waals surface area (Å²) < 4.78 is 5.98. The van der Waals surface area contributed by atoms with Gasteiger partial charge in [0.1, 0.15) is 12.4 Å². The van der Waals surface area contributed by atoms with Crippen molar-refractivity contribution in [1.82, 2.24) is 9.80 Å². The molecule has 0 bridgehead atoms. The first-order valence-corrected chi connectivity index (χ1v) is 10.0. The number of likely N-dealkylation sites (tertiary alicyclic amines) is 1. The molecule has 0 atom stereocenters. The van der Waals surface area contributed by atoms with E-state index in [4.69, 9.17) is 4.74 Å². The number of hydrogen-bond donors (Lipinski definition) is 0. The highest BCUT2D eigenvalue weighted by Crippen LogP contribution is 2.37. The lowest BCUT2D eigenvalue weighted by Crippen LogP contribution is -2.33. The smallest absolute Gasteiger partial charge is 0.226 e. The molecule has 136 valence electrons. The van der Waals surface area contributed by atoms with Gasteiger partial charge in [0.15, 0.2) is 0 Å². The zero-order chi connectivity index (χ0) is 17.1. The fourth-order valence-electron chi connectivity index (χ4n) is 3.74. The van der Waals surface area contributed by atoms with Crippen LogP contribution < -0.4 is 4.74 Å². The molecule has 0 unspecified atom stereocenters. The Labute approximate surface area is 151 Å². The molecule has 1 aromatic carbocycles. The summed E-state index contributed by atoms with van der Waals surface area (Å²) in [7, 11) is 0. The monoisotopic (exact) mass is 342 g/mol. The molecule has 0 N–H and O–H groups in total. The molecule has 0 aromatic heterocycles. The average Bonchev–Trinajstić information content (AvgIpc) is 3.53. The number of nitrogens with zero attached hydrogens (tertiary/aromatic N) is 2. The van der Waals surface area contributed by atoms with Crippen LogP contribution in [0.15, 0.2) is 24.3 Å². The Kier molecular flexibility index (Phi) is 5.25. The van der Waals surface area contributed by atoms with E-state index in [0.717, 1.165) is 38.3 Å². The van der Waals surface area contributed by atoms with Crippen molar-refractivity contribution in [2.75, 3.05) is 26.2 Å². The van der Waals surface area contributed by atoms with Crippen molar-refractivity contribution in [2.45, 2.75) is 57.5 Å². The Morgan fingerprint density at radius 1 is 1.12 bits per heavy atom. The number of ether oxygens (including phenoxy) is 1. The summed E-state index contributed by atoms with van der Waals surface area (Å²) in [6.07, 6.45) is 8.53. The molecular formula is C21H30N2O2. The van der Waals surface area contributed by atoms with Crippen LogP contribution >= 0.6 is 0 Å². The lowest BCUT2D eigenvalue weighted by molar-refractivity contribution is -0.133. The van der Waals surface area contributed by atoms with Crippen LogP contribution in [0.25, 0.3) is 0 Å². The van der Waals surface area contributed by atoms with Crippen molar-refractivity contribution in [3.8, 4) is 5.75 Å². The molecule has 4 heteroatoms. The summed E-state index contributed by atoms with van der Waals surface area (Å²) >= 11 is 0. The minimum atomic E-state index is 0.310. The van der Waals surface area contributed by atoms with E-state index in [1.165, 1.54) is 50.8 Å². The number of benzene rings is 1. The third-order valence-corrected chi connectivity index (χ3v) is 5.57. The van der Waals surface area contributed by atoms with E-state index in [1.54, 1.807) is 0 Å². The molecule has 1 saturated heterocycles. The Balaban J connectivity index is 1.30. The number of carbonyl (C=O) groups is 1. The lowest BCUT2D eigenvalue weighted by Gasteiger charge is -2.26. The molecule has 2 aliphatic carbocycles. The molecule has 3 fully saturated rings. The first kappa shape index (κ1) is 16.9. The molecule has 25 heavy (non-hydrogen) atoms. The second kappa shape index (κ2) is 7.77. The normalized spacial score (nSPS) is 21.1. The molecular weight excluding hydrogens is 312 g/mol. The Morgan fingerprint density at radius 3 is 2.64 bits per heavy atom. The SMILES string of the molecule is O=C(C1CC1)N(Cc1cccc(OCCN2CCCCC2)c1)C1CC1. The van der Waals surface area contributed by atoms with Crippen LogP contribution in [0.5, 0.6) is 5.75 Å². The van der Waals surface area contributed by atoms with Gasteiger partial charge in [-0.05, 0) is 69.3 Å². The van der Waals surface area contributed by atoms with Gasteiger partial charge >= 0.3 is 0 Å². The summed E-state index contributed by atoms with van der Waals surface area (Å²) in [6.45, 7) is 4.92. The predicted molar refractivity (Wildman–Crippen MR) is 98.5 cm³/mol. The second-order valence-corrected chi connectivity index (χ2v) is 7.87. The molecule has 1 amide bonds. The summed E-state index contributed by atoms with van der Waals surface area (Å²) in [5, 5.41) is 0. The van der Waals surface area contributed by atoms with Crippen LogP contribution in [0.1, 0.15) is 50.5 Å². The largest absolute Gasteiger partial charge is 0.492 e. The van der Waals surface area contributed by atoms with Crippen molar-refractivity contribution in [1.29, 1.82) is 0 Å². The highest BCUT2D eigenvalue weighted by molar-refractivity contribution is 5.81. The van der Waals surface area contributed by atoms with Crippen molar-refractivity contribution >= 4 is 5.91 Å². The zero-order valence-electron chi connectivity index (χ0n) is 15.2. The topological polar surface area (TPSA) is 32.8 Å². The number of rotatable bonds is 8. The highest BCUT2D eigenvalue weighted by atomic mass is 16.5.